The van der Waals surface area contributed by atoms with Gasteiger partial charge in [0.2, 0.25) is 11.8 Å². The van der Waals surface area contributed by atoms with Crippen molar-refractivity contribution >= 4 is 23.7 Å². The number of nitrogens with one attached hydrogen (secondary N) is 1. The average molecular weight is 370 g/mol. The zero-order chi connectivity index (χ0) is 19.0. The number of amidine groups is 1. The number of nitrogens with two attached hydrogens (primary N) is 1. The molecule has 1 aliphatic heterocycles. The molecule has 0 bridgehead atoms. The Morgan fingerprint density at radius 1 is 1.38 bits per heavy atom. The summed E-state index contributed by atoms with van der Waals surface area (Å²) in [5, 5.41) is 13.1. The van der Waals surface area contributed by atoms with Gasteiger partial charge in [-0.15, -0.1) is 0 Å². The molecule has 3 N–H and O–H groups in total. The van der Waals surface area contributed by atoms with Crippen molar-refractivity contribution in [2.75, 3.05) is 0 Å². The number of aliphatic imine (C=N–C) groups is 1. The zero-order valence-corrected chi connectivity index (χ0v) is 17.6. The zero-order valence-electron chi connectivity index (χ0n) is 15.6. The molecule has 1 aliphatic rings. The van der Waals surface area contributed by atoms with E-state index in [-0.39, 0.29) is 35.5 Å². The van der Waals surface area contributed by atoms with Gasteiger partial charge >= 0.3 is 29.6 Å². The number of primary amides is 1. The van der Waals surface area contributed by atoms with Gasteiger partial charge in [-0.2, -0.15) is 0 Å². The maximum Gasteiger partial charge on any atom is 1.00 e. The van der Waals surface area contributed by atoms with Gasteiger partial charge in [-0.05, 0) is 30.9 Å². The van der Waals surface area contributed by atoms with Crippen LogP contribution < -0.4 is 45.7 Å². The van der Waals surface area contributed by atoms with E-state index in [1.807, 2.05) is 13.8 Å². The number of rotatable bonds is 5. The SMILES string of the molecule is CCCC(C)C1(CC)C(=O)N=C([O-])NC1=O.NC(=O)c1cccnc1.[Na+]. The Labute approximate surface area is 175 Å². The molecule has 0 aromatic carbocycles. The van der Waals surface area contributed by atoms with Crippen LogP contribution in [0.2, 0.25) is 0 Å². The second kappa shape index (κ2) is 11.1. The molecule has 0 spiro atoms. The third-order valence-electron chi connectivity index (χ3n) is 4.28. The van der Waals surface area contributed by atoms with E-state index in [2.05, 4.69) is 15.3 Å². The van der Waals surface area contributed by atoms with Gasteiger partial charge in [0.15, 0.2) is 0 Å². The standard InChI is InChI=1S/C11H18N2O3.C6H6N2O.Na/c1-4-6-7(3)11(5-2)8(14)12-10(16)13-9(11)15;7-6(9)5-2-1-3-8-4-5;/h7H,4-6H2,1-3H3,(H2,12,13,14,15,16);1-4H,(H2,7,9);/q;;+1/p-1. The Morgan fingerprint density at radius 3 is 2.42 bits per heavy atom. The summed E-state index contributed by atoms with van der Waals surface area (Å²) in [6.07, 6.45) is 5.04. The molecule has 1 aromatic rings. The summed E-state index contributed by atoms with van der Waals surface area (Å²) >= 11 is 0. The number of amides is 3. The van der Waals surface area contributed by atoms with Gasteiger partial charge in [-0.25, -0.2) is 4.99 Å². The van der Waals surface area contributed by atoms with Crippen LogP contribution in [0.5, 0.6) is 0 Å². The van der Waals surface area contributed by atoms with Gasteiger partial charge in [-0.3, -0.25) is 19.4 Å². The van der Waals surface area contributed by atoms with Crippen LogP contribution >= 0.6 is 0 Å². The first kappa shape index (κ1) is 24.2. The number of pyridine rings is 1. The third kappa shape index (κ3) is 5.62. The molecule has 0 fully saturated rings. The third-order valence-corrected chi connectivity index (χ3v) is 4.28. The van der Waals surface area contributed by atoms with Crippen molar-refractivity contribution in [2.45, 2.75) is 40.0 Å². The van der Waals surface area contributed by atoms with Crippen molar-refractivity contribution in [2.24, 2.45) is 22.1 Å². The predicted octanol–water partition coefficient (Wildman–Crippen LogP) is -2.62. The average Bonchev–Trinajstić information content (AvgIpc) is 2.56. The Morgan fingerprint density at radius 2 is 2.04 bits per heavy atom. The summed E-state index contributed by atoms with van der Waals surface area (Å²) in [7, 11) is 0. The molecule has 8 nitrogen and oxygen atoms in total. The van der Waals surface area contributed by atoms with Crippen LogP contribution in [0.3, 0.4) is 0 Å². The number of aromatic nitrogens is 1. The molecule has 136 valence electrons. The van der Waals surface area contributed by atoms with Crippen molar-refractivity contribution in [1.29, 1.82) is 0 Å². The van der Waals surface area contributed by atoms with Crippen LogP contribution in [0.15, 0.2) is 29.5 Å². The van der Waals surface area contributed by atoms with E-state index in [0.717, 1.165) is 12.8 Å². The van der Waals surface area contributed by atoms with Crippen LogP contribution in [0.1, 0.15) is 50.4 Å². The molecule has 0 saturated carbocycles. The quantitative estimate of drug-likeness (QED) is 0.432. The van der Waals surface area contributed by atoms with E-state index < -0.39 is 29.2 Å². The number of hydrogen-bond acceptors (Lipinski definition) is 5. The van der Waals surface area contributed by atoms with Gasteiger partial charge in [0.1, 0.15) is 5.41 Å². The minimum absolute atomic E-state index is 0. The molecule has 1 aromatic heterocycles. The van der Waals surface area contributed by atoms with E-state index in [1.54, 1.807) is 25.3 Å². The largest absolute Gasteiger partial charge is 1.00 e. The summed E-state index contributed by atoms with van der Waals surface area (Å²) in [5.41, 5.74) is 4.23. The van der Waals surface area contributed by atoms with Crippen molar-refractivity contribution in [1.82, 2.24) is 10.3 Å². The van der Waals surface area contributed by atoms with E-state index in [0.29, 0.717) is 12.0 Å². The minimum Gasteiger partial charge on any atom is -0.846 e. The van der Waals surface area contributed by atoms with Crippen LogP contribution in [-0.4, -0.2) is 28.7 Å². The molecular formula is C17H23N4NaO4. The molecule has 2 heterocycles. The number of carbonyl (C=O) groups excluding carboxylic acids is 3. The molecule has 3 amide bonds. The van der Waals surface area contributed by atoms with E-state index >= 15 is 0 Å². The monoisotopic (exact) mass is 370 g/mol. The fourth-order valence-electron chi connectivity index (χ4n) is 2.81. The van der Waals surface area contributed by atoms with Crippen molar-refractivity contribution in [3.63, 3.8) is 0 Å². The molecule has 26 heavy (non-hydrogen) atoms. The van der Waals surface area contributed by atoms with Gasteiger partial charge in [0.05, 0.1) is 11.6 Å². The fraction of sp³-hybridized carbons (Fsp3) is 0.471. The summed E-state index contributed by atoms with van der Waals surface area (Å²) in [6.45, 7) is 5.62. The molecule has 0 aliphatic carbocycles. The van der Waals surface area contributed by atoms with Crippen molar-refractivity contribution in [3.05, 3.63) is 30.1 Å². The maximum absolute atomic E-state index is 11.9. The minimum atomic E-state index is -1.15. The maximum atomic E-state index is 11.9. The molecular weight excluding hydrogens is 347 g/mol. The van der Waals surface area contributed by atoms with Crippen molar-refractivity contribution in [3.8, 4) is 0 Å². The Balaban J connectivity index is 0.000000532. The fourth-order valence-corrected chi connectivity index (χ4v) is 2.81. The number of hydrogen-bond donors (Lipinski definition) is 2. The normalized spacial score (nSPS) is 19.9. The molecule has 2 unspecified atom stereocenters. The number of carbonyl (C=O) groups is 3. The van der Waals surface area contributed by atoms with Gasteiger partial charge in [-0.1, -0.05) is 27.2 Å². The Kier molecular flexibility index (Phi) is 10.3. The van der Waals surface area contributed by atoms with Crippen molar-refractivity contribution < 1.29 is 49.0 Å². The molecule has 2 rings (SSSR count). The van der Waals surface area contributed by atoms with Crippen LogP contribution in [0.4, 0.5) is 0 Å². The molecule has 2 atom stereocenters. The second-order valence-electron chi connectivity index (χ2n) is 5.80. The molecule has 0 radical (unpaired) electrons. The van der Waals surface area contributed by atoms with Gasteiger partial charge in [0, 0.05) is 12.4 Å². The summed E-state index contributed by atoms with van der Waals surface area (Å²) in [6, 6.07) is 2.44. The first-order valence-electron chi connectivity index (χ1n) is 8.10. The molecule has 9 heteroatoms. The van der Waals surface area contributed by atoms with E-state index in [9.17, 15) is 19.5 Å². The smallest absolute Gasteiger partial charge is 0.846 e. The molecule has 0 saturated heterocycles. The summed E-state index contributed by atoms with van der Waals surface area (Å²) < 4.78 is 0. The predicted molar refractivity (Wildman–Crippen MR) is 90.1 cm³/mol. The first-order valence-corrected chi connectivity index (χ1v) is 8.10. The number of nitrogens with zero attached hydrogens (tertiary/aromatic N) is 2. The van der Waals surface area contributed by atoms with Crippen LogP contribution in [0.25, 0.3) is 0 Å². The van der Waals surface area contributed by atoms with E-state index in [4.69, 9.17) is 5.73 Å². The van der Waals surface area contributed by atoms with Crippen LogP contribution in [0, 0.1) is 11.3 Å². The first-order chi connectivity index (χ1) is 11.8. The van der Waals surface area contributed by atoms with Crippen LogP contribution in [-0.2, 0) is 9.59 Å². The van der Waals surface area contributed by atoms with Gasteiger partial charge < -0.3 is 16.2 Å². The topological polar surface area (TPSA) is 138 Å². The summed E-state index contributed by atoms with van der Waals surface area (Å²) in [4.78, 5) is 41.1. The van der Waals surface area contributed by atoms with Gasteiger partial charge in [0.25, 0.3) is 5.91 Å². The summed E-state index contributed by atoms with van der Waals surface area (Å²) in [5.74, 6) is -1.64. The second-order valence-corrected chi connectivity index (χ2v) is 5.80. The Bertz CT molecular complexity index is 666. The Hall–Kier alpha value is -1.77. The van der Waals surface area contributed by atoms with E-state index in [1.165, 1.54) is 6.20 Å².